The number of carbonyl (C=O) groups is 1. The van der Waals surface area contributed by atoms with Gasteiger partial charge in [-0.25, -0.2) is 28.7 Å². The third-order valence-corrected chi connectivity index (χ3v) is 6.63. The summed E-state index contributed by atoms with van der Waals surface area (Å²) in [4.78, 5) is 34.9. The number of aromatic nitrogens is 4. The zero-order valence-corrected chi connectivity index (χ0v) is 20.4. The lowest BCUT2D eigenvalue weighted by Crippen LogP contribution is -2.40. The van der Waals surface area contributed by atoms with Crippen LogP contribution in [-0.4, -0.2) is 56.5 Å². The summed E-state index contributed by atoms with van der Waals surface area (Å²) in [5.74, 6) is 0.218. The van der Waals surface area contributed by atoms with E-state index >= 15 is 0 Å². The fourth-order valence-electron chi connectivity index (χ4n) is 4.62. The number of piperidine rings is 1. The number of hydrogen-bond donors (Lipinski definition) is 0. The van der Waals surface area contributed by atoms with Crippen LogP contribution in [0.3, 0.4) is 0 Å². The molecule has 2 aromatic heterocycles. The van der Waals surface area contributed by atoms with Gasteiger partial charge in [-0.2, -0.15) is 0 Å². The fourth-order valence-corrected chi connectivity index (χ4v) is 4.62. The molecule has 0 saturated carbocycles. The summed E-state index contributed by atoms with van der Waals surface area (Å²) in [7, 11) is 0. The molecule has 0 bridgehead atoms. The Labute approximate surface area is 208 Å². The SMILES string of the molecule is CCc1nccc(-c2nc3c(nc2N2CCC(Oc4ccc(F)cc4F)CC2)CCN(C(C)=O)C3)n1. The number of nitrogens with zero attached hydrogens (tertiary/aromatic N) is 6. The molecule has 0 N–H and O–H groups in total. The van der Waals surface area contributed by atoms with E-state index in [-0.39, 0.29) is 17.8 Å². The van der Waals surface area contributed by atoms with Gasteiger partial charge in [0.2, 0.25) is 5.91 Å². The van der Waals surface area contributed by atoms with E-state index in [1.165, 1.54) is 12.1 Å². The van der Waals surface area contributed by atoms with Crippen LogP contribution in [0.1, 0.15) is 43.9 Å². The van der Waals surface area contributed by atoms with Crippen LogP contribution in [-0.2, 0) is 24.2 Å². The van der Waals surface area contributed by atoms with Crippen LogP contribution >= 0.6 is 0 Å². The van der Waals surface area contributed by atoms with Crippen molar-refractivity contribution in [3.63, 3.8) is 0 Å². The van der Waals surface area contributed by atoms with E-state index in [1.54, 1.807) is 18.0 Å². The lowest BCUT2D eigenvalue weighted by atomic mass is 10.1. The largest absolute Gasteiger partial charge is 0.487 e. The van der Waals surface area contributed by atoms with Gasteiger partial charge in [-0.05, 0) is 18.2 Å². The van der Waals surface area contributed by atoms with Crippen molar-refractivity contribution in [2.75, 3.05) is 24.5 Å². The minimum atomic E-state index is -0.699. The topological polar surface area (TPSA) is 84.3 Å². The highest BCUT2D eigenvalue weighted by Crippen LogP contribution is 2.32. The highest BCUT2D eigenvalue weighted by Gasteiger charge is 2.29. The van der Waals surface area contributed by atoms with Crippen LogP contribution in [0, 0.1) is 11.6 Å². The molecule has 0 atom stereocenters. The van der Waals surface area contributed by atoms with Crippen molar-refractivity contribution in [2.24, 2.45) is 0 Å². The number of hydrogen-bond acceptors (Lipinski definition) is 7. The minimum Gasteiger partial charge on any atom is -0.487 e. The van der Waals surface area contributed by atoms with Crippen molar-refractivity contribution < 1.29 is 18.3 Å². The van der Waals surface area contributed by atoms with Crippen LogP contribution in [0.2, 0.25) is 0 Å². The summed E-state index contributed by atoms with van der Waals surface area (Å²) in [5, 5.41) is 0. The molecule has 2 aliphatic heterocycles. The molecular weight excluding hydrogens is 466 g/mol. The highest BCUT2D eigenvalue weighted by molar-refractivity contribution is 5.74. The van der Waals surface area contributed by atoms with Gasteiger partial charge >= 0.3 is 0 Å². The predicted octanol–water partition coefficient (Wildman–Crippen LogP) is 3.73. The monoisotopic (exact) mass is 494 g/mol. The van der Waals surface area contributed by atoms with Crippen molar-refractivity contribution in [1.82, 2.24) is 24.8 Å². The van der Waals surface area contributed by atoms with Gasteiger partial charge in [0.25, 0.3) is 0 Å². The number of amides is 1. The lowest BCUT2D eigenvalue weighted by Gasteiger charge is -2.35. The number of ether oxygens (including phenoxy) is 1. The predicted molar refractivity (Wildman–Crippen MR) is 129 cm³/mol. The first-order valence-corrected chi connectivity index (χ1v) is 12.3. The van der Waals surface area contributed by atoms with E-state index in [9.17, 15) is 13.6 Å². The number of halogens is 2. The molecular formula is C26H28F2N6O2. The van der Waals surface area contributed by atoms with Gasteiger partial charge < -0.3 is 14.5 Å². The Morgan fingerprint density at radius 3 is 2.61 bits per heavy atom. The third kappa shape index (κ3) is 4.98. The van der Waals surface area contributed by atoms with Gasteiger partial charge in [0.1, 0.15) is 23.4 Å². The van der Waals surface area contributed by atoms with Crippen molar-refractivity contribution >= 4 is 11.7 Å². The zero-order valence-electron chi connectivity index (χ0n) is 20.4. The molecule has 1 fully saturated rings. The van der Waals surface area contributed by atoms with Crippen LogP contribution in [0.15, 0.2) is 30.5 Å². The maximum Gasteiger partial charge on any atom is 0.219 e. The summed E-state index contributed by atoms with van der Waals surface area (Å²) in [6.45, 7) is 5.88. The van der Waals surface area contributed by atoms with Crippen LogP contribution in [0.5, 0.6) is 5.75 Å². The number of rotatable bonds is 5. The molecule has 1 aromatic carbocycles. The fraction of sp³-hybridized carbons (Fsp3) is 0.423. The van der Waals surface area contributed by atoms with Crippen molar-refractivity contribution in [3.05, 3.63) is 59.3 Å². The molecule has 188 valence electrons. The Hall–Kier alpha value is -3.69. The summed E-state index contributed by atoms with van der Waals surface area (Å²) in [6, 6.07) is 5.19. The van der Waals surface area contributed by atoms with Crippen molar-refractivity contribution in [2.45, 2.75) is 52.2 Å². The Bertz CT molecular complexity index is 1280. The first-order valence-electron chi connectivity index (χ1n) is 12.3. The number of anilines is 1. The Balaban J connectivity index is 1.41. The van der Waals surface area contributed by atoms with Crippen molar-refractivity contribution in [1.29, 1.82) is 0 Å². The standard InChI is InChI=1S/C26H28F2N6O2/c1-3-24-29-10-6-21(30-24)25-26(32-20-9-13-34(16(2)35)15-22(20)31-25)33-11-7-18(8-12-33)36-23-5-4-17(27)14-19(23)28/h4-6,10,14,18H,3,7-9,11-13,15H2,1-2H3. The average Bonchev–Trinajstić information content (AvgIpc) is 2.89. The molecule has 4 heterocycles. The molecule has 3 aromatic rings. The molecule has 1 saturated heterocycles. The second-order valence-corrected chi connectivity index (χ2v) is 9.07. The van der Waals surface area contributed by atoms with Crippen LogP contribution in [0.4, 0.5) is 14.6 Å². The molecule has 0 radical (unpaired) electrons. The smallest absolute Gasteiger partial charge is 0.219 e. The second kappa shape index (κ2) is 10.1. The normalized spacial score (nSPS) is 16.1. The molecule has 5 rings (SSSR count). The van der Waals surface area contributed by atoms with E-state index in [2.05, 4.69) is 14.9 Å². The number of carbonyl (C=O) groups excluding carboxylic acids is 1. The van der Waals surface area contributed by atoms with E-state index in [0.29, 0.717) is 63.3 Å². The quantitative estimate of drug-likeness (QED) is 0.534. The van der Waals surface area contributed by atoms with E-state index in [0.717, 1.165) is 29.1 Å². The first-order chi connectivity index (χ1) is 17.4. The van der Waals surface area contributed by atoms with Gasteiger partial charge in [-0.1, -0.05) is 6.92 Å². The Morgan fingerprint density at radius 2 is 1.89 bits per heavy atom. The molecule has 0 aliphatic carbocycles. The minimum absolute atomic E-state index is 0.0167. The maximum atomic E-state index is 14.1. The lowest BCUT2D eigenvalue weighted by molar-refractivity contribution is -0.129. The molecule has 1 amide bonds. The number of benzene rings is 1. The number of aryl methyl sites for hydroxylation is 1. The summed E-state index contributed by atoms with van der Waals surface area (Å²) >= 11 is 0. The molecule has 0 spiro atoms. The Morgan fingerprint density at radius 1 is 1.08 bits per heavy atom. The maximum absolute atomic E-state index is 14.1. The number of fused-ring (bicyclic) bond motifs is 1. The molecule has 0 unspecified atom stereocenters. The molecule has 36 heavy (non-hydrogen) atoms. The van der Waals surface area contributed by atoms with Gasteiger partial charge in [-0.15, -0.1) is 0 Å². The van der Waals surface area contributed by atoms with E-state index < -0.39 is 11.6 Å². The van der Waals surface area contributed by atoms with Gasteiger partial charge in [0.15, 0.2) is 17.4 Å². The third-order valence-electron chi connectivity index (χ3n) is 6.63. The molecule has 2 aliphatic rings. The van der Waals surface area contributed by atoms with E-state index in [4.69, 9.17) is 14.7 Å². The zero-order chi connectivity index (χ0) is 25.2. The molecule has 10 heteroatoms. The second-order valence-electron chi connectivity index (χ2n) is 9.07. The average molecular weight is 495 g/mol. The highest BCUT2D eigenvalue weighted by atomic mass is 19.1. The van der Waals surface area contributed by atoms with Gasteiger partial charge in [-0.3, -0.25) is 4.79 Å². The summed E-state index contributed by atoms with van der Waals surface area (Å²) in [6.07, 6.45) is 4.18. The van der Waals surface area contributed by atoms with Crippen LogP contribution in [0.25, 0.3) is 11.4 Å². The van der Waals surface area contributed by atoms with E-state index in [1.807, 2.05) is 13.0 Å². The Kier molecular flexibility index (Phi) is 6.75. The van der Waals surface area contributed by atoms with Gasteiger partial charge in [0, 0.05) is 64.5 Å². The molecule has 8 nitrogen and oxygen atoms in total. The first kappa shape index (κ1) is 24.0. The van der Waals surface area contributed by atoms with Gasteiger partial charge in [0.05, 0.1) is 23.6 Å². The summed E-state index contributed by atoms with van der Waals surface area (Å²) in [5.41, 5.74) is 3.04. The van der Waals surface area contributed by atoms with Crippen molar-refractivity contribution in [3.8, 4) is 17.1 Å². The summed E-state index contributed by atoms with van der Waals surface area (Å²) < 4.78 is 33.1. The van der Waals surface area contributed by atoms with Crippen LogP contribution < -0.4 is 9.64 Å².